The average molecular weight is 608 g/mol. The lowest BCUT2D eigenvalue weighted by molar-refractivity contribution is -0.132. The maximum atomic E-state index is 12.9. The van der Waals surface area contributed by atoms with E-state index < -0.39 is 0 Å². The molecule has 1 aromatic carbocycles. The van der Waals surface area contributed by atoms with Gasteiger partial charge in [0.25, 0.3) is 0 Å². The number of pyridine rings is 1. The topological polar surface area (TPSA) is 80.3 Å². The van der Waals surface area contributed by atoms with Crippen molar-refractivity contribution in [2.45, 2.75) is 120 Å². The predicted molar refractivity (Wildman–Crippen MR) is 179 cm³/mol. The number of amides is 2. The van der Waals surface area contributed by atoms with Crippen LogP contribution in [0.3, 0.4) is 0 Å². The zero-order chi connectivity index (χ0) is 31.1. The highest BCUT2D eigenvalue weighted by Gasteiger charge is 2.66. The molecule has 2 bridgehead atoms. The van der Waals surface area contributed by atoms with Crippen LogP contribution in [0.25, 0.3) is 10.8 Å². The molecule has 2 spiro atoms. The molecule has 2 amide bonds. The van der Waals surface area contributed by atoms with E-state index in [0.29, 0.717) is 31.2 Å². The molecule has 6 heteroatoms. The van der Waals surface area contributed by atoms with E-state index >= 15 is 0 Å². The van der Waals surface area contributed by atoms with Crippen molar-refractivity contribution in [1.29, 1.82) is 0 Å². The molecule has 2 fully saturated rings. The van der Waals surface area contributed by atoms with Crippen LogP contribution in [0.5, 0.6) is 0 Å². The van der Waals surface area contributed by atoms with E-state index in [2.05, 4.69) is 78.0 Å². The molecular formula is C39H49N3O3. The van der Waals surface area contributed by atoms with Crippen molar-refractivity contribution in [2.24, 2.45) is 11.3 Å². The minimum Gasteiger partial charge on any atom is -0.359 e. The Morgan fingerprint density at radius 2 is 1.89 bits per heavy atom. The van der Waals surface area contributed by atoms with E-state index in [4.69, 9.17) is 4.74 Å². The predicted octanol–water partition coefficient (Wildman–Crippen LogP) is 7.60. The summed E-state index contributed by atoms with van der Waals surface area (Å²) in [4.78, 5) is 29.1. The number of carbonyl (C=O) groups excluding carboxylic acids is 2. The zero-order valence-corrected chi connectivity index (χ0v) is 27.1. The van der Waals surface area contributed by atoms with Gasteiger partial charge in [-0.25, -0.2) is 0 Å². The first-order chi connectivity index (χ1) is 21.8. The Labute approximate surface area is 268 Å². The Balaban J connectivity index is 0.985. The quantitative estimate of drug-likeness (QED) is 0.258. The molecule has 2 aromatic rings. The van der Waals surface area contributed by atoms with Crippen LogP contribution in [0.4, 0.5) is 0 Å². The van der Waals surface area contributed by atoms with Crippen LogP contribution in [-0.2, 0) is 14.3 Å². The summed E-state index contributed by atoms with van der Waals surface area (Å²) in [6, 6.07) is 9.07. The molecule has 3 aliphatic carbocycles. The number of benzene rings is 1. The summed E-state index contributed by atoms with van der Waals surface area (Å²) in [5.41, 5.74) is 3.72. The average Bonchev–Trinajstić information content (AvgIpc) is 3.56. The molecule has 7 rings (SSSR count). The number of hydrogen-bond acceptors (Lipinski definition) is 4. The molecule has 1 aromatic heterocycles. The molecule has 1 saturated carbocycles. The zero-order valence-electron chi connectivity index (χ0n) is 27.1. The number of nitrogens with one attached hydrogen (secondary N) is 2. The third-order valence-electron chi connectivity index (χ3n) is 11.9. The number of hydrogen-bond donors (Lipinski definition) is 2. The van der Waals surface area contributed by atoms with Gasteiger partial charge in [-0.2, -0.15) is 0 Å². The van der Waals surface area contributed by atoms with E-state index in [0.717, 1.165) is 57.8 Å². The number of allylic oxidation sites excluding steroid dienone is 1. The summed E-state index contributed by atoms with van der Waals surface area (Å²) in [7, 11) is 0. The van der Waals surface area contributed by atoms with Crippen LogP contribution in [-0.4, -0.2) is 40.6 Å². The molecule has 238 valence electrons. The number of carbonyl (C=O) groups is 2. The van der Waals surface area contributed by atoms with Crippen LogP contribution in [0.2, 0.25) is 0 Å². The summed E-state index contributed by atoms with van der Waals surface area (Å²) in [5, 5.41) is 8.77. The fourth-order valence-electron chi connectivity index (χ4n) is 9.55. The maximum Gasteiger partial charge on any atom is 0.220 e. The van der Waals surface area contributed by atoms with E-state index in [9.17, 15) is 9.59 Å². The lowest BCUT2D eigenvalue weighted by Gasteiger charge is -2.53. The van der Waals surface area contributed by atoms with Crippen LogP contribution in [0, 0.1) is 11.3 Å². The first-order valence-electron chi connectivity index (χ1n) is 17.6. The first-order valence-corrected chi connectivity index (χ1v) is 17.6. The highest BCUT2D eigenvalue weighted by atomic mass is 16.5. The molecule has 1 saturated heterocycles. The number of ether oxygens (including phenoxy) is 1. The van der Waals surface area contributed by atoms with Gasteiger partial charge in [-0.1, -0.05) is 63.1 Å². The molecule has 3 heterocycles. The lowest BCUT2D eigenvalue weighted by atomic mass is 9.58. The smallest absolute Gasteiger partial charge is 0.220 e. The van der Waals surface area contributed by atoms with Gasteiger partial charge >= 0.3 is 0 Å². The number of aromatic nitrogens is 1. The van der Waals surface area contributed by atoms with Crippen LogP contribution in [0.15, 0.2) is 72.1 Å². The van der Waals surface area contributed by atoms with Crippen molar-refractivity contribution in [1.82, 2.24) is 15.6 Å². The third kappa shape index (κ3) is 5.47. The number of nitrogens with zero attached hydrogens (tertiary/aromatic N) is 1. The van der Waals surface area contributed by atoms with E-state index in [-0.39, 0.29) is 34.5 Å². The normalized spacial score (nSPS) is 32.7. The van der Waals surface area contributed by atoms with Gasteiger partial charge in [0.2, 0.25) is 11.8 Å². The van der Waals surface area contributed by atoms with Crippen molar-refractivity contribution >= 4 is 22.6 Å². The van der Waals surface area contributed by atoms with Crippen LogP contribution < -0.4 is 10.6 Å². The summed E-state index contributed by atoms with van der Waals surface area (Å²) in [6.45, 7) is 5.31. The standard InChI is InChI=1S/C39H49N3O3/c1-3-4-8-35(43)41-21-7-5-6-9-36(44)42-32-13-12-30-24-31-16-18-37(2)33(28-11-10-27-17-22-40-26-29(27)23-28)14-15-34(37)39(31)20-19-38(30,25-32)45-39/h10-13,16-17,22-24,26,32-34H,3-9,14-15,18-21,25H2,1-2H3,(H,41,43)(H,42,44). The fourth-order valence-corrected chi connectivity index (χ4v) is 9.55. The van der Waals surface area contributed by atoms with Gasteiger partial charge in [0.05, 0.1) is 17.2 Å². The first kappa shape index (κ1) is 30.4. The second-order valence-corrected chi connectivity index (χ2v) is 14.6. The Morgan fingerprint density at radius 3 is 2.78 bits per heavy atom. The Hall–Kier alpha value is -3.25. The Bertz CT molecular complexity index is 1560. The molecule has 6 unspecified atom stereocenters. The van der Waals surface area contributed by atoms with E-state index in [1.54, 1.807) is 0 Å². The summed E-state index contributed by atoms with van der Waals surface area (Å²) < 4.78 is 7.41. The van der Waals surface area contributed by atoms with Crippen LogP contribution in [0.1, 0.15) is 109 Å². The summed E-state index contributed by atoms with van der Waals surface area (Å²) in [5.74, 6) is 1.23. The molecule has 0 radical (unpaired) electrons. The van der Waals surface area contributed by atoms with Gasteiger partial charge in [-0.05, 0) is 103 Å². The van der Waals surface area contributed by atoms with Crippen molar-refractivity contribution in [3.8, 4) is 0 Å². The van der Waals surface area contributed by atoms with Crippen molar-refractivity contribution in [3.63, 3.8) is 0 Å². The summed E-state index contributed by atoms with van der Waals surface area (Å²) >= 11 is 0. The SMILES string of the molecule is CCCCC(=O)NCCCCCC(=O)NC1C=CC2=CC3=CCC4(C)C(c5ccc6ccncc6c5)CCC4C34CCC2(C1)O4. The maximum absolute atomic E-state index is 12.9. The van der Waals surface area contributed by atoms with Crippen molar-refractivity contribution < 1.29 is 14.3 Å². The molecule has 5 aliphatic rings. The van der Waals surface area contributed by atoms with Gasteiger partial charge in [-0.15, -0.1) is 0 Å². The molecular weight excluding hydrogens is 558 g/mol. The van der Waals surface area contributed by atoms with Gasteiger partial charge in [0.15, 0.2) is 0 Å². The monoisotopic (exact) mass is 607 g/mol. The largest absolute Gasteiger partial charge is 0.359 e. The van der Waals surface area contributed by atoms with Gasteiger partial charge < -0.3 is 15.4 Å². The lowest BCUT2D eigenvalue weighted by Crippen LogP contribution is -2.54. The van der Waals surface area contributed by atoms with E-state index in [1.807, 2.05) is 12.4 Å². The third-order valence-corrected chi connectivity index (χ3v) is 11.9. The van der Waals surface area contributed by atoms with Gasteiger partial charge in [0, 0.05) is 43.6 Å². The molecule has 45 heavy (non-hydrogen) atoms. The highest BCUT2D eigenvalue weighted by molar-refractivity contribution is 5.82. The minimum atomic E-state index is -0.315. The summed E-state index contributed by atoms with van der Waals surface area (Å²) in [6.07, 6.45) is 25.3. The number of rotatable bonds is 11. The highest BCUT2D eigenvalue weighted by Crippen LogP contribution is 2.68. The molecule has 2 aliphatic heterocycles. The molecule has 6 nitrogen and oxygen atoms in total. The second kappa shape index (κ2) is 12.2. The minimum absolute atomic E-state index is 0.00862. The van der Waals surface area contributed by atoms with Gasteiger partial charge in [0.1, 0.15) is 0 Å². The van der Waals surface area contributed by atoms with Gasteiger partial charge in [-0.3, -0.25) is 14.6 Å². The fraction of sp³-hybridized carbons (Fsp3) is 0.564. The number of unbranched alkanes of at least 4 members (excludes halogenated alkanes) is 3. The second-order valence-electron chi connectivity index (χ2n) is 14.6. The molecule has 2 N–H and O–H groups in total. The number of fused-ring (bicyclic) bond motifs is 2. The van der Waals surface area contributed by atoms with E-state index in [1.165, 1.54) is 40.3 Å². The van der Waals surface area contributed by atoms with Crippen molar-refractivity contribution in [3.05, 3.63) is 77.7 Å². The molecule has 6 atom stereocenters. The van der Waals surface area contributed by atoms with Crippen LogP contribution >= 0.6 is 0 Å². The van der Waals surface area contributed by atoms with Crippen molar-refractivity contribution in [2.75, 3.05) is 6.54 Å². The Morgan fingerprint density at radius 1 is 1.00 bits per heavy atom. The Kier molecular flexibility index (Phi) is 8.22.